The number of carbonyl (C=O) groups excluding carboxylic acids is 1. The van der Waals surface area contributed by atoms with E-state index in [0.717, 1.165) is 0 Å². The number of sulfonamides is 1. The molecule has 0 radical (unpaired) electrons. The SMILES string of the molecule is O=C1C(Cl)C([S-])(S)N1c1ccc(S(=O)(=O)Nc2ncccn2)cc1.[Na+]. The second-order valence-electron chi connectivity index (χ2n) is 4.87. The summed E-state index contributed by atoms with van der Waals surface area (Å²) in [6, 6.07) is 7.17. The van der Waals surface area contributed by atoms with Crippen LogP contribution in [0.1, 0.15) is 0 Å². The van der Waals surface area contributed by atoms with Crippen LogP contribution in [0, 0.1) is 0 Å². The Balaban J connectivity index is 0.00000225. The maximum absolute atomic E-state index is 12.3. The summed E-state index contributed by atoms with van der Waals surface area (Å²) in [5, 5.41) is -0.906. The van der Waals surface area contributed by atoms with Crippen LogP contribution in [0.5, 0.6) is 0 Å². The minimum atomic E-state index is -3.85. The van der Waals surface area contributed by atoms with Crippen LogP contribution >= 0.6 is 24.2 Å². The van der Waals surface area contributed by atoms with Crippen LogP contribution in [0.4, 0.5) is 11.6 Å². The van der Waals surface area contributed by atoms with Crippen LogP contribution in [0.3, 0.4) is 0 Å². The van der Waals surface area contributed by atoms with Gasteiger partial charge in [-0.1, -0.05) is 0 Å². The molecule has 1 aromatic carbocycles. The molecule has 1 aromatic heterocycles. The number of benzene rings is 1. The van der Waals surface area contributed by atoms with Crippen LogP contribution in [0.25, 0.3) is 0 Å². The molecule has 1 saturated heterocycles. The number of nitrogens with one attached hydrogen (secondary N) is 1. The van der Waals surface area contributed by atoms with Gasteiger partial charge in [0.2, 0.25) is 11.9 Å². The summed E-state index contributed by atoms with van der Waals surface area (Å²) in [6.45, 7) is 0. The van der Waals surface area contributed by atoms with Gasteiger partial charge < -0.3 is 17.5 Å². The Morgan fingerprint density at radius 3 is 2.32 bits per heavy atom. The topological polar surface area (TPSA) is 92.3 Å². The number of carbonyl (C=O) groups is 1. The van der Waals surface area contributed by atoms with Crippen molar-refractivity contribution in [3.8, 4) is 0 Å². The van der Waals surface area contributed by atoms with Crippen molar-refractivity contribution in [2.75, 3.05) is 9.62 Å². The maximum atomic E-state index is 12.3. The Morgan fingerprint density at radius 1 is 1.24 bits per heavy atom. The number of anilines is 2. The van der Waals surface area contributed by atoms with Gasteiger partial charge in [-0.2, -0.15) is 12.6 Å². The number of aromatic nitrogens is 2. The number of alkyl halides is 1. The zero-order chi connectivity index (χ0) is 17.5. The zero-order valence-corrected chi connectivity index (χ0v) is 18.1. The summed E-state index contributed by atoms with van der Waals surface area (Å²) < 4.78 is 25.6. The zero-order valence-electron chi connectivity index (χ0n) is 12.8. The van der Waals surface area contributed by atoms with Gasteiger partial charge in [0.15, 0.2) is 0 Å². The van der Waals surface area contributed by atoms with Gasteiger partial charge in [0.05, 0.1) is 4.90 Å². The van der Waals surface area contributed by atoms with E-state index in [-0.39, 0.29) is 46.3 Å². The molecule has 7 nitrogen and oxygen atoms in total. The van der Waals surface area contributed by atoms with Crippen LogP contribution < -0.4 is 39.2 Å². The molecule has 0 aliphatic carbocycles. The molecule has 1 amide bonds. The molecule has 2 heterocycles. The molecule has 0 bridgehead atoms. The summed E-state index contributed by atoms with van der Waals surface area (Å²) in [5.74, 6) is -0.419. The molecule has 2 unspecified atom stereocenters. The summed E-state index contributed by atoms with van der Waals surface area (Å²) >= 11 is 15.2. The van der Waals surface area contributed by atoms with E-state index in [9.17, 15) is 13.2 Å². The van der Waals surface area contributed by atoms with Crippen LogP contribution in [-0.2, 0) is 27.4 Å². The molecule has 1 N–H and O–H groups in total. The molecular weight excluding hydrogens is 415 g/mol. The quantitative estimate of drug-likeness (QED) is 0.201. The summed E-state index contributed by atoms with van der Waals surface area (Å²) in [4.78, 5) is 20.7. The smallest absolute Gasteiger partial charge is 0.751 e. The number of thiol groups is 1. The largest absolute Gasteiger partial charge is 1.00 e. The van der Waals surface area contributed by atoms with E-state index in [0.29, 0.717) is 5.69 Å². The molecule has 12 heteroatoms. The Kier molecular flexibility index (Phi) is 6.35. The first-order chi connectivity index (χ1) is 11.2. The van der Waals surface area contributed by atoms with Crippen LogP contribution in [-0.4, -0.2) is 33.9 Å². The van der Waals surface area contributed by atoms with Crippen molar-refractivity contribution in [3.63, 3.8) is 0 Å². The van der Waals surface area contributed by atoms with Gasteiger partial charge in [0, 0.05) is 18.1 Å². The fourth-order valence-corrected chi connectivity index (χ4v) is 3.87. The van der Waals surface area contributed by atoms with E-state index in [4.69, 9.17) is 24.2 Å². The first kappa shape index (κ1) is 20.8. The Labute approximate surface area is 182 Å². The number of nitrogens with zero attached hydrogens (tertiary/aromatic N) is 3. The molecule has 126 valence electrons. The van der Waals surface area contributed by atoms with Crippen molar-refractivity contribution < 1.29 is 42.8 Å². The third-order valence-electron chi connectivity index (χ3n) is 3.28. The molecule has 25 heavy (non-hydrogen) atoms. The molecule has 2 atom stereocenters. The van der Waals surface area contributed by atoms with E-state index in [1.807, 2.05) is 0 Å². The number of hydrogen-bond donors (Lipinski definition) is 2. The van der Waals surface area contributed by atoms with Crippen molar-refractivity contribution in [1.29, 1.82) is 0 Å². The van der Waals surface area contributed by atoms with Crippen molar-refractivity contribution in [3.05, 3.63) is 42.7 Å². The fraction of sp³-hybridized carbons (Fsp3) is 0.154. The number of hydrogen-bond acceptors (Lipinski definition) is 7. The van der Waals surface area contributed by atoms with Gasteiger partial charge in [-0.05, 0) is 34.5 Å². The number of rotatable bonds is 4. The van der Waals surface area contributed by atoms with Crippen molar-refractivity contribution in [2.24, 2.45) is 0 Å². The van der Waals surface area contributed by atoms with E-state index in [2.05, 4.69) is 27.3 Å². The minimum Gasteiger partial charge on any atom is -0.751 e. The third kappa shape index (κ3) is 3.95. The molecule has 1 fully saturated rings. The van der Waals surface area contributed by atoms with Gasteiger partial charge in [0.25, 0.3) is 10.0 Å². The predicted octanol–water partition coefficient (Wildman–Crippen LogP) is -1.63. The fourth-order valence-electron chi connectivity index (χ4n) is 2.10. The molecular formula is C13H10ClN4NaO3S3. The van der Waals surface area contributed by atoms with Gasteiger partial charge in [0.1, 0.15) is 5.38 Å². The van der Waals surface area contributed by atoms with Gasteiger partial charge >= 0.3 is 29.6 Å². The minimum absolute atomic E-state index is 0. The molecule has 1 aliphatic rings. The standard InChI is InChI=1S/C13H11ClN4O3S3.Na/c14-10-11(19)18(13(10,22)23)8-2-4-9(5-3-8)24(20,21)17-12-15-6-1-7-16-12;/h1-7,10,22-23H,(H,15,16,17);/q;+1/p-1. The van der Waals surface area contributed by atoms with Gasteiger partial charge in [-0.15, -0.1) is 11.6 Å². The van der Waals surface area contributed by atoms with Crippen molar-refractivity contribution in [1.82, 2.24) is 9.97 Å². The molecule has 0 saturated carbocycles. The normalized spacial score (nSPS) is 22.8. The van der Waals surface area contributed by atoms with E-state index in [1.54, 1.807) is 6.07 Å². The first-order valence-electron chi connectivity index (χ1n) is 6.54. The Morgan fingerprint density at radius 2 is 1.80 bits per heavy atom. The van der Waals surface area contributed by atoms with Crippen molar-refractivity contribution in [2.45, 2.75) is 14.5 Å². The molecule has 3 rings (SSSR count). The molecule has 0 spiro atoms. The van der Waals surface area contributed by atoms with E-state index in [1.165, 1.54) is 41.6 Å². The molecule has 1 aliphatic heterocycles. The van der Waals surface area contributed by atoms with E-state index < -0.39 is 19.6 Å². The average Bonchev–Trinajstić information content (AvgIpc) is 2.55. The predicted molar refractivity (Wildman–Crippen MR) is 95.5 cm³/mol. The first-order valence-corrected chi connectivity index (χ1v) is 9.32. The second kappa shape index (κ2) is 7.63. The second-order valence-corrected chi connectivity index (χ2v) is 8.59. The maximum Gasteiger partial charge on any atom is 1.00 e. The van der Waals surface area contributed by atoms with Gasteiger partial charge in [-0.3, -0.25) is 4.79 Å². The molecule has 2 aromatic rings. The number of amides is 1. The third-order valence-corrected chi connectivity index (χ3v) is 6.29. The summed E-state index contributed by atoms with van der Waals surface area (Å²) in [7, 11) is -3.85. The Bertz CT molecular complexity index is 881. The van der Waals surface area contributed by atoms with E-state index >= 15 is 0 Å². The average molecular weight is 425 g/mol. The van der Waals surface area contributed by atoms with Crippen LogP contribution in [0.15, 0.2) is 47.6 Å². The Hall–Kier alpha value is -0.490. The monoisotopic (exact) mass is 424 g/mol. The number of halogens is 1. The number of β-lactam (4-membered cyclic amide) rings is 1. The van der Waals surface area contributed by atoms with Gasteiger partial charge in [-0.25, -0.2) is 23.1 Å². The summed E-state index contributed by atoms with van der Waals surface area (Å²) in [5.41, 5.74) is 0.414. The summed E-state index contributed by atoms with van der Waals surface area (Å²) in [6.07, 6.45) is 2.84. The van der Waals surface area contributed by atoms with Crippen molar-refractivity contribution >= 4 is 64.4 Å². The van der Waals surface area contributed by atoms with Crippen LogP contribution in [0.2, 0.25) is 0 Å².